The summed E-state index contributed by atoms with van der Waals surface area (Å²) in [6.45, 7) is 2.23. The topological polar surface area (TPSA) is 56.7 Å². The molecular formula is C28H22ClF2N5OS. The summed E-state index contributed by atoms with van der Waals surface area (Å²) in [6.07, 6.45) is 1.64. The van der Waals surface area contributed by atoms with Crippen molar-refractivity contribution in [2.45, 2.75) is 13.5 Å². The average Bonchev–Trinajstić information content (AvgIpc) is 3.44. The van der Waals surface area contributed by atoms with Gasteiger partial charge in [-0.15, -0.1) is 11.3 Å². The fourth-order valence-electron chi connectivity index (χ4n) is 3.77. The van der Waals surface area contributed by atoms with Crippen molar-refractivity contribution in [2.24, 2.45) is 10.1 Å². The van der Waals surface area contributed by atoms with Gasteiger partial charge in [0.1, 0.15) is 22.5 Å². The van der Waals surface area contributed by atoms with Crippen LogP contribution in [-0.2, 0) is 6.54 Å². The molecule has 0 aliphatic heterocycles. The predicted molar refractivity (Wildman–Crippen MR) is 146 cm³/mol. The van der Waals surface area contributed by atoms with Gasteiger partial charge in [0.15, 0.2) is 0 Å². The summed E-state index contributed by atoms with van der Waals surface area (Å²) < 4.78 is 35.4. The quantitative estimate of drug-likeness (QED) is 0.209. The van der Waals surface area contributed by atoms with Crippen molar-refractivity contribution in [3.63, 3.8) is 0 Å². The second-order valence-electron chi connectivity index (χ2n) is 8.35. The van der Waals surface area contributed by atoms with Gasteiger partial charge < -0.3 is 4.74 Å². The van der Waals surface area contributed by atoms with Crippen molar-refractivity contribution < 1.29 is 13.5 Å². The predicted octanol–water partition coefficient (Wildman–Crippen LogP) is 6.82. The summed E-state index contributed by atoms with van der Waals surface area (Å²) in [7, 11) is 1.61. The Kier molecular flexibility index (Phi) is 7.48. The molecule has 0 saturated heterocycles. The van der Waals surface area contributed by atoms with Gasteiger partial charge in [-0.1, -0.05) is 23.7 Å². The Bertz CT molecular complexity index is 1650. The van der Waals surface area contributed by atoms with Crippen molar-refractivity contribution in [1.29, 1.82) is 0 Å². The maximum absolute atomic E-state index is 13.6. The van der Waals surface area contributed by atoms with Crippen LogP contribution in [-0.4, -0.2) is 27.8 Å². The third-order valence-electron chi connectivity index (χ3n) is 5.78. The molecule has 0 fully saturated rings. The van der Waals surface area contributed by atoms with Gasteiger partial charge in [0.25, 0.3) is 0 Å². The van der Waals surface area contributed by atoms with Crippen LogP contribution in [0.1, 0.15) is 16.8 Å². The number of methoxy groups -OCH3 is 1. The third-order valence-corrected chi connectivity index (χ3v) is 6.99. The third kappa shape index (κ3) is 5.58. The van der Waals surface area contributed by atoms with E-state index in [-0.39, 0.29) is 11.6 Å². The molecule has 0 aliphatic rings. The fraction of sp³-hybridized carbons (Fsp3) is 0.107. The zero-order chi connectivity index (χ0) is 26.6. The Morgan fingerprint density at radius 1 is 0.974 bits per heavy atom. The molecule has 2 heterocycles. The standard InChI is InChI=1S/C28H22ClF2N5OS/c1-18-25(27(29)35(34-18)16-19-3-7-21(30)8-4-19)15-32-36-26(20-5-9-22(31)10-6-20)17-38-28(36)33-23-11-13-24(37-2)14-12-23/h3-15,17H,16H2,1-2H3/b32-15+,33-28?. The lowest BCUT2D eigenvalue weighted by atomic mass is 10.2. The van der Waals surface area contributed by atoms with E-state index in [1.165, 1.54) is 35.6 Å². The molecular weight excluding hydrogens is 528 g/mol. The highest BCUT2D eigenvalue weighted by Crippen LogP contribution is 2.24. The Balaban J connectivity index is 1.54. The van der Waals surface area contributed by atoms with Gasteiger partial charge in [0.2, 0.25) is 4.80 Å². The molecule has 5 rings (SSSR count). The number of hydrogen-bond donors (Lipinski definition) is 0. The van der Waals surface area contributed by atoms with Gasteiger partial charge in [-0.05, 0) is 73.2 Å². The van der Waals surface area contributed by atoms with Crippen LogP contribution < -0.4 is 9.54 Å². The van der Waals surface area contributed by atoms with E-state index in [1.54, 1.807) is 46.9 Å². The molecule has 2 aromatic heterocycles. The minimum absolute atomic E-state index is 0.301. The number of benzene rings is 3. The van der Waals surface area contributed by atoms with Gasteiger partial charge in [0, 0.05) is 10.9 Å². The van der Waals surface area contributed by atoms with Crippen LogP contribution in [0, 0.1) is 18.6 Å². The molecule has 0 atom stereocenters. The zero-order valence-corrected chi connectivity index (χ0v) is 22.0. The van der Waals surface area contributed by atoms with Crippen LogP contribution >= 0.6 is 22.9 Å². The van der Waals surface area contributed by atoms with Crippen LogP contribution in [0.25, 0.3) is 11.3 Å². The normalized spacial score (nSPS) is 12.0. The van der Waals surface area contributed by atoms with E-state index in [0.717, 1.165) is 28.3 Å². The van der Waals surface area contributed by atoms with E-state index < -0.39 is 0 Å². The van der Waals surface area contributed by atoms with Gasteiger partial charge in [0.05, 0.1) is 42.5 Å². The van der Waals surface area contributed by atoms with Crippen molar-refractivity contribution in [2.75, 3.05) is 7.11 Å². The maximum atomic E-state index is 13.6. The van der Waals surface area contributed by atoms with Crippen LogP contribution in [0.2, 0.25) is 5.15 Å². The zero-order valence-electron chi connectivity index (χ0n) is 20.5. The number of aromatic nitrogens is 3. The van der Waals surface area contributed by atoms with E-state index in [9.17, 15) is 8.78 Å². The number of thiazole rings is 1. The summed E-state index contributed by atoms with van der Waals surface area (Å²) in [5, 5.41) is 11.6. The molecule has 0 N–H and O–H groups in total. The van der Waals surface area contributed by atoms with Crippen molar-refractivity contribution in [3.8, 4) is 17.0 Å². The summed E-state index contributed by atoms with van der Waals surface area (Å²) in [5.41, 5.74) is 4.45. The van der Waals surface area contributed by atoms with Crippen LogP contribution in [0.5, 0.6) is 5.75 Å². The molecule has 10 heteroatoms. The van der Waals surface area contributed by atoms with Crippen molar-refractivity contribution in [3.05, 3.63) is 117 Å². The molecule has 192 valence electrons. The first-order valence-electron chi connectivity index (χ1n) is 11.6. The lowest BCUT2D eigenvalue weighted by molar-refractivity contribution is 0.415. The minimum atomic E-state index is -0.321. The highest BCUT2D eigenvalue weighted by Gasteiger charge is 2.14. The Morgan fingerprint density at radius 3 is 2.29 bits per heavy atom. The number of nitrogens with zero attached hydrogens (tertiary/aromatic N) is 5. The summed E-state index contributed by atoms with van der Waals surface area (Å²) in [4.78, 5) is 5.37. The number of hydrogen-bond acceptors (Lipinski definition) is 5. The van der Waals surface area contributed by atoms with E-state index in [0.29, 0.717) is 27.8 Å². The molecule has 38 heavy (non-hydrogen) atoms. The molecule has 0 bridgehead atoms. The van der Waals surface area contributed by atoms with Crippen molar-refractivity contribution in [1.82, 2.24) is 14.5 Å². The second-order valence-corrected chi connectivity index (χ2v) is 9.55. The molecule has 5 aromatic rings. The van der Waals surface area contributed by atoms with Gasteiger partial charge in [-0.2, -0.15) is 10.2 Å². The van der Waals surface area contributed by atoms with E-state index in [1.807, 2.05) is 36.6 Å². The molecule has 0 spiro atoms. The van der Waals surface area contributed by atoms with Gasteiger partial charge >= 0.3 is 0 Å². The molecule has 0 saturated carbocycles. The Hall–Kier alpha value is -4.08. The number of aryl methyl sites for hydroxylation is 1. The number of halogens is 3. The van der Waals surface area contributed by atoms with Gasteiger partial charge in [-0.25, -0.2) is 23.1 Å². The van der Waals surface area contributed by atoms with E-state index >= 15 is 0 Å². The smallest absolute Gasteiger partial charge is 0.211 e. The highest BCUT2D eigenvalue weighted by atomic mass is 35.5. The fourth-order valence-corrected chi connectivity index (χ4v) is 4.91. The Morgan fingerprint density at radius 2 is 1.63 bits per heavy atom. The first-order chi connectivity index (χ1) is 18.4. The lowest BCUT2D eigenvalue weighted by Crippen LogP contribution is -2.11. The molecule has 0 unspecified atom stereocenters. The SMILES string of the molecule is COc1ccc(N=c2scc(-c3ccc(F)cc3)n2/N=C/c2c(C)nn(Cc3ccc(F)cc3)c2Cl)cc1. The van der Waals surface area contributed by atoms with Crippen LogP contribution in [0.15, 0.2) is 88.3 Å². The average molecular weight is 550 g/mol. The van der Waals surface area contributed by atoms with Crippen LogP contribution in [0.4, 0.5) is 14.5 Å². The molecule has 0 aliphatic carbocycles. The highest BCUT2D eigenvalue weighted by molar-refractivity contribution is 7.07. The summed E-state index contributed by atoms with van der Waals surface area (Å²) >= 11 is 8.08. The van der Waals surface area contributed by atoms with Gasteiger partial charge in [-0.3, -0.25) is 0 Å². The first kappa shape index (κ1) is 25.6. The monoisotopic (exact) mass is 549 g/mol. The Labute approximate surface area is 226 Å². The molecule has 6 nitrogen and oxygen atoms in total. The first-order valence-corrected chi connectivity index (χ1v) is 12.8. The largest absolute Gasteiger partial charge is 0.497 e. The summed E-state index contributed by atoms with van der Waals surface area (Å²) in [6, 6.07) is 19.8. The number of ether oxygens (including phenoxy) is 1. The van der Waals surface area contributed by atoms with E-state index in [4.69, 9.17) is 26.4 Å². The van der Waals surface area contributed by atoms with Crippen LogP contribution in [0.3, 0.4) is 0 Å². The maximum Gasteiger partial charge on any atom is 0.211 e. The molecule has 0 radical (unpaired) electrons. The molecule has 0 amide bonds. The summed E-state index contributed by atoms with van der Waals surface area (Å²) in [5.74, 6) is 0.110. The lowest BCUT2D eigenvalue weighted by Gasteiger charge is -2.05. The minimum Gasteiger partial charge on any atom is -0.497 e. The molecule has 3 aromatic carbocycles. The number of rotatable bonds is 7. The van der Waals surface area contributed by atoms with Crippen molar-refractivity contribution >= 4 is 34.8 Å². The van der Waals surface area contributed by atoms with E-state index in [2.05, 4.69) is 5.10 Å². The second kappa shape index (κ2) is 11.1.